The highest BCUT2D eigenvalue weighted by atomic mass is 35.5. The first-order chi connectivity index (χ1) is 6.93. The van der Waals surface area contributed by atoms with Gasteiger partial charge in [-0.05, 0) is 12.8 Å². The van der Waals surface area contributed by atoms with E-state index in [4.69, 9.17) is 9.52 Å². The number of aryl methyl sites for hydroxylation is 1. The Morgan fingerprint density at radius 1 is 1.00 bits per heavy atom. The second-order valence-corrected chi connectivity index (χ2v) is 3.61. The Bertz CT molecular complexity index is 214. The summed E-state index contributed by atoms with van der Waals surface area (Å²) in [6, 6.07) is 0. The van der Waals surface area contributed by atoms with Crippen LogP contribution in [0.2, 0.25) is 0 Å². The second kappa shape index (κ2) is 9.99. The fraction of sp³-hybridized carbons (Fsp3) is 0.727. The maximum absolute atomic E-state index is 8.58. The largest absolute Gasteiger partial charge is 1.00 e. The highest BCUT2D eigenvalue weighted by Crippen LogP contribution is 2.04. The van der Waals surface area contributed by atoms with Gasteiger partial charge in [0.2, 0.25) is 6.20 Å². The van der Waals surface area contributed by atoms with Gasteiger partial charge in [-0.15, -0.1) is 0 Å². The van der Waals surface area contributed by atoms with E-state index >= 15 is 0 Å². The molecule has 15 heavy (non-hydrogen) atoms. The van der Waals surface area contributed by atoms with Crippen LogP contribution >= 0.6 is 0 Å². The smallest absolute Gasteiger partial charge is 0.334 e. The van der Waals surface area contributed by atoms with Gasteiger partial charge in [-0.25, -0.2) is 0 Å². The predicted molar refractivity (Wildman–Crippen MR) is 53.7 cm³/mol. The van der Waals surface area contributed by atoms with Crippen LogP contribution in [0.1, 0.15) is 38.5 Å². The van der Waals surface area contributed by atoms with Crippen molar-refractivity contribution in [1.82, 2.24) is 0 Å². The van der Waals surface area contributed by atoms with Crippen LogP contribution in [0.5, 0.6) is 0 Å². The van der Waals surface area contributed by atoms with Gasteiger partial charge in [0.1, 0.15) is 0 Å². The van der Waals surface area contributed by atoms with Gasteiger partial charge in [-0.2, -0.15) is 4.57 Å². The van der Waals surface area contributed by atoms with Gasteiger partial charge in [-0.1, -0.05) is 19.3 Å². The highest BCUT2D eigenvalue weighted by Gasteiger charge is 1.99. The maximum Gasteiger partial charge on any atom is 0.334 e. The highest BCUT2D eigenvalue weighted by molar-refractivity contribution is 4.47. The van der Waals surface area contributed by atoms with Crippen LogP contribution in [0.3, 0.4) is 0 Å². The number of aliphatic hydroxyl groups excluding tert-OH is 1. The third-order valence-corrected chi connectivity index (χ3v) is 2.35. The first kappa shape index (κ1) is 14.5. The molecule has 0 saturated heterocycles. The summed E-state index contributed by atoms with van der Waals surface area (Å²) in [6.07, 6.45) is 12.5. The van der Waals surface area contributed by atoms with Crippen molar-refractivity contribution in [2.24, 2.45) is 0 Å². The monoisotopic (exact) mass is 233 g/mol. The van der Waals surface area contributed by atoms with Gasteiger partial charge < -0.3 is 21.9 Å². The molecule has 0 atom stereocenters. The van der Waals surface area contributed by atoms with Crippen molar-refractivity contribution in [3.8, 4) is 0 Å². The maximum atomic E-state index is 8.58. The zero-order valence-corrected chi connectivity index (χ0v) is 9.83. The molecule has 0 fully saturated rings. The zero-order chi connectivity index (χ0) is 10.1. The molecule has 0 radical (unpaired) electrons. The topological polar surface area (TPSA) is 37.2 Å². The SMILES string of the molecule is OCCCCCCCC[n+]1ccoc1.[Cl-]. The van der Waals surface area contributed by atoms with Crippen LogP contribution < -0.4 is 17.0 Å². The number of hydrogen-bond donors (Lipinski definition) is 1. The molecule has 1 aromatic heterocycles. The molecular formula is C11H20ClNO2. The molecule has 0 unspecified atom stereocenters. The van der Waals surface area contributed by atoms with Crippen LogP contribution in [0.15, 0.2) is 23.3 Å². The lowest BCUT2D eigenvalue weighted by Crippen LogP contribution is -3.00. The quantitative estimate of drug-likeness (QED) is 0.458. The molecule has 1 rings (SSSR count). The molecule has 1 N–H and O–H groups in total. The Morgan fingerprint density at radius 2 is 1.67 bits per heavy atom. The predicted octanol–water partition coefficient (Wildman–Crippen LogP) is -1.10. The van der Waals surface area contributed by atoms with Crippen LogP contribution in [0.25, 0.3) is 0 Å². The summed E-state index contributed by atoms with van der Waals surface area (Å²) >= 11 is 0. The molecule has 0 aliphatic carbocycles. The molecule has 0 aliphatic heterocycles. The van der Waals surface area contributed by atoms with E-state index in [1.165, 1.54) is 25.7 Å². The van der Waals surface area contributed by atoms with Gasteiger partial charge in [0.25, 0.3) is 0 Å². The van der Waals surface area contributed by atoms with Gasteiger partial charge in [0.15, 0.2) is 12.8 Å². The lowest BCUT2D eigenvalue weighted by Gasteiger charge is -1.97. The van der Waals surface area contributed by atoms with E-state index < -0.39 is 0 Å². The number of aliphatic hydroxyl groups is 1. The van der Waals surface area contributed by atoms with E-state index in [-0.39, 0.29) is 12.4 Å². The van der Waals surface area contributed by atoms with Crippen molar-refractivity contribution in [2.45, 2.75) is 45.1 Å². The Hall–Kier alpha value is -0.540. The van der Waals surface area contributed by atoms with Crippen molar-refractivity contribution in [1.29, 1.82) is 0 Å². The number of oxazole rings is 1. The molecule has 3 nitrogen and oxygen atoms in total. The summed E-state index contributed by atoms with van der Waals surface area (Å²) in [6.45, 7) is 1.39. The van der Waals surface area contributed by atoms with E-state index in [2.05, 4.69) is 4.57 Å². The summed E-state index contributed by atoms with van der Waals surface area (Å²) < 4.78 is 7.02. The van der Waals surface area contributed by atoms with Crippen LogP contribution in [-0.4, -0.2) is 11.7 Å². The summed E-state index contributed by atoms with van der Waals surface area (Å²) in [5, 5.41) is 8.58. The minimum absolute atomic E-state index is 0. The zero-order valence-electron chi connectivity index (χ0n) is 9.07. The van der Waals surface area contributed by atoms with Crippen molar-refractivity contribution in [2.75, 3.05) is 6.61 Å². The molecule has 1 aromatic rings. The Labute approximate surface area is 97.5 Å². The van der Waals surface area contributed by atoms with Gasteiger partial charge in [-0.3, -0.25) is 0 Å². The number of unbranched alkanes of at least 4 members (excludes halogenated alkanes) is 5. The van der Waals surface area contributed by atoms with E-state index in [9.17, 15) is 0 Å². The molecular weight excluding hydrogens is 214 g/mol. The molecule has 1 heterocycles. The fourth-order valence-corrected chi connectivity index (χ4v) is 1.50. The third-order valence-electron chi connectivity index (χ3n) is 2.35. The Kier molecular flexibility index (Phi) is 9.63. The standard InChI is InChI=1S/C11H20NO2.ClH/c13-9-6-4-2-1-3-5-7-12-8-10-14-11-12;/h8,10-11,13H,1-7,9H2;1H/q+1;/p-1. The normalized spacial score (nSPS) is 9.93. The lowest BCUT2D eigenvalue weighted by atomic mass is 10.1. The number of halogens is 1. The number of aromatic nitrogens is 1. The number of rotatable bonds is 8. The summed E-state index contributed by atoms with van der Waals surface area (Å²) in [5.74, 6) is 0. The lowest BCUT2D eigenvalue weighted by molar-refractivity contribution is -0.700. The fourth-order valence-electron chi connectivity index (χ4n) is 1.50. The van der Waals surface area contributed by atoms with E-state index in [0.717, 1.165) is 19.4 Å². The molecule has 0 aliphatic rings. The average Bonchev–Trinajstić information content (AvgIpc) is 2.69. The first-order valence-electron chi connectivity index (χ1n) is 5.45. The van der Waals surface area contributed by atoms with Gasteiger partial charge in [0.05, 0.1) is 0 Å². The van der Waals surface area contributed by atoms with Crippen molar-refractivity contribution < 1.29 is 26.5 Å². The van der Waals surface area contributed by atoms with Crippen molar-refractivity contribution in [3.63, 3.8) is 0 Å². The van der Waals surface area contributed by atoms with Crippen molar-refractivity contribution >= 4 is 0 Å². The van der Waals surface area contributed by atoms with Gasteiger partial charge in [0, 0.05) is 13.0 Å². The molecule has 88 valence electrons. The van der Waals surface area contributed by atoms with E-state index in [1.54, 1.807) is 12.7 Å². The molecule has 0 amide bonds. The van der Waals surface area contributed by atoms with Crippen LogP contribution in [0, 0.1) is 0 Å². The number of hydrogen-bond acceptors (Lipinski definition) is 2. The third kappa shape index (κ3) is 7.40. The summed E-state index contributed by atoms with van der Waals surface area (Å²) in [5.41, 5.74) is 0. The summed E-state index contributed by atoms with van der Waals surface area (Å²) in [7, 11) is 0. The number of nitrogens with zero attached hydrogens (tertiary/aromatic N) is 1. The van der Waals surface area contributed by atoms with Gasteiger partial charge >= 0.3 is 6.39 Å². The average molecular weight is 234 g/mol. The molecule has 0 spiro atoms. The first-order valence-corrected chi connectivity index (χ1v) is 5.45. The molecule has 0 saturated carbocycles. The summed E-state index contributed by atoms with van der Waals surface area (Å²) in [4.78, 5) is 0. The Balaban J connectivity index is 0.00000196. The Morgan fingerprint density at radius 3 is 2.27 bits per heavy atom. The second-order valence-electron chi connectivity index (χ2n) is 3.61. The van der Waals surface area contributed by atoms with Crippen LogP contribution in [-0.2, 0) is 6.54 Å². The van der Waals surface area contributed by atoms with E-state index in [0.29, 0.717) is 6.61 Å². The van der Waals surface area contributed by atoms with Crippen LogP contribution in [0.4, 0.5) is 0 Å². The van der Waals surface area contributed by atoms with E-state index in [1.807, 2.05) is 6.20 Å². The minimum Gasteiger partial charge on any atom is -1.00 e. The van der Waals surface area contributed by atoms with Crippen molar-refractivity contribution in [3.05, 3.63) is 18.9 Å². The molecule has 0 bridgehead atoms. The minimum atomic E-state index is 0. The molecule has 0 aromatic carbocycles. The molecule has 4 heteroatoms.